The Balaban J connectivity index is 1.47. The molecular weight excluding hydrogens is 375 g/mol. The van der Waals surface area contributed by atoms with Gasteiger partial charge < -0.3 is 15.0 Å². The summed E-state index contributed by atoms with van der Waals surface area (Å²) in [6, 6.07) is 5.52. The summed E-state index contributed by atoms with van der Waals surface area (Å²) in [7, 11) is 0. The molecule has 2 aliphatic rings. The van der Waals surface area contributed by atoms with Crippen LogP contribution in [0.15, 0.2) is 24.3 Å². The summed E-state index contributed by atoms with van der Waals surface area (Å²) in [5, 5.41) is 2.97. The second-order valence-electron chi connectivity index (χ2n) is 8.14. The summed E-state index contributed by atoms with van der Waals surface area (Å²) in [5.74, 6) is -1.36. The fourth-order valence-electron chi connectivity index (χ4n) is 4.16. The van der Waals surface area contributed by atoms with Gasteiger partial charge in [0.1, 0.15) is 5.82 Å². The standard InChI is InChI=1S/C22H29FN2O4/c1-15-5-2-3-7-19(15)24-20(26)14-29-22(28)17-6-4-12-25(13-17)21(27)16-8-10-18(23)11-9-16/h8-11,15,17,19H,2-7,12-14H2,1H3,(H,24,26). The lowest BCUT2D eigenvalue weighted by Gasteiger charge is -2.32. The van der Waals surface area contributed by atoms with Crippen molar-refractivity contribution in [3.63, 3.8) is 0 Å². The summed E-state index contributed by atoms with van der Waals surface area (Å²) < 4.78 is 18.3. The lowest BCUT2D eigenvalue weighted by atomic mass is 9.86. The van der Waals surface area contributed by atoms with Gasteiger partial charge in [0.25, 0.3) is 11.8 Å². The molecule has 1 aromatic carbocycles. The third kappa shape index (κ3) is 5.78. The van der Waals surface area contributed by atoms with E-state index in [2.05, 4.69) is 12.2 Å². The van der Waals surface area contributed by atoms with Crippen LogP contribution in [0.1, 0.15) is 55.8 Å². The van der Waals surface area contributed by atoms with E-state index in [1.54, 1.807) is 4.90 Å². The topological polar surface area (TPSA) is 75.7 Å². The van der Waals surface area contributed by atoms with Crippen LogP contribution in [0, 0.1) is 17.7 Å². The number of carbonyl (C=O) groups excluding carboxylic acids is 3. The zero-order valence-electron chi connectivity index (χ0n) is 16.9. The van der Waals surface area contributed by atoms with E-state index in [1.165, 1.54) is 30.7 Å². The maximum Gasteiger partial charge on any atom is 0.311 e. The van der Waals surface area contributed by atoms with Crippen LogP contribution in [0.25, 0.3) is 0 Å². The van der Waals surface area contributed by atoms with E-state index in [0.717, 1.165) is 19.3 Å². The second kappa shape index (κ2) is 9.85. The molecule has 0 bridgehead atoms. The van der Waals surface area contributed by atoms with Gasteiger partial charge in [0, 0.05) is 24.7 Å². The first kappa shape index (κ1) is 21.3. The van der Waals surface area contributed by atoms with Crippen molar-refractivity contribution in [1.29, 1.82) is 0 Å². The lowest BCUT2D eigenvalue weighted by Crippen LogP contribution is -2.45. The van der Waals surface area contributed by atoms with Gasteiger partial charge in [-0.15, -0.1) is 0 Å². The molecule has 0 aromatic heterocycles. The van der Waals surface area contributed by atoms with E-state index in [9.17, 15) is 18.8 Å². The number of likely N-dealkylation sites (tertiary alicyclic amines) is 1. The van der Waals surface area contributed by atoms with Crippen molar-refractivity contribution < 1.29 is 23.5 Å². The number of amides is 2. The van der Waals surface area contributed by atoms with Crippen LogP contribution in [-0.2, 0) is 14.3 Å². The Morgan fingerprint density at radius 1 is 1.10 bits per heavy atom. The number of halogens is 1. The van der Waals surface area contributed by atoms with Gasteiger partial charge in [-0.1, -0.05) is 19.8 Å². The fourth-order valence-corrected chi connectivity index (χ4v) is 4.16. The van der Waals surface area contributed by atoms with Crippen LogP contribution >= 0.6 is 0 Å². The van der Waals surface area contributed by atoms with Crippen molar-refractivity contribution in [2.75, 3.05) is 19.7 Å². The number of benzene rings is 1. The van der Waals surface area contributed by atoms with Crippen LogP contribution in [0.2, 0.25) is 0 Å². The number of esters is 1. The number of nitrogens with zero attached hydrogens (tertiary/aromatic N) is 1. The molecular formula is C22H29FN2O4. The van der Waals surface area contributed by atoms with E-state index < -0.39 is 17.7 Å². The fraction of sp³-hybridized carbons (Fsp3) is 0.591. The number of piperidine rings is 1. The summed E-state index contributed by atoms with van der Waals surface area (Å²) in [6.07, 6.45) is 5.66. The Morgan fingerprint density at radius 2 is 1.83 bits per heavy atom. The van der Waals surface area contributed by atoms with Crippen molar-refractivity contribution in [3.8, 4) is 0 Å². The third-order valence-corrected chi connectivity index (χ3v) is 5.94. The van der Waals surface area contributed by atoms with Gasteiger partial charge in [0.2, 0.25) is 0 Å². The molecule has 1 aromatic rings. The Labute approximate surface area is 170 Å². The van der Waals surface area contributed by atoms with Gasteiger partial charge in [-0.3, -0.25) is 14.4 Å². The zero-order chi connectivity index (χ0) is 20.8. The van der Waals surface area contributed by atoms with Crippen LogP contribution in [0.5, 0.6) is 0 Å². The molecule has 1 aliphatic heterocycles. The molecule has 1 saturated heterocycles. The van der Waals surface area contributed by atoms with Gasteiger partial charge in [-0.05, 0) is 55.9 Å². The first-order valence-corrected chi connectivity index (χ1v) is 10.4. The average molecular weight is 404 g/mol. The van der Waals surface area contributed by atoms with Crippen molar-refractivity contribution in [2.45, 2.75) is 51.5 Å². The predicted octanol–water partition coefficient (Wildman–Crippen LogP) is 2.92. The zero-order valence-corrected chi connectivity index (χ0v) is 16.9. The molecule has 1 heterocycles. The van der Waals surface area contributed by atoms with Gasteiger partial charge in [0.05, 0.1) is 5.92 Å². The van der Waals surface area contributed by atoms with Gasteiger partial charge in [-0.25, -0.2) is 4.39 Å². The highest BCUT2D eigenvalue weighted by molar-refractivity contribution is 5.94. The molecule has 0 spiro atoms. The summed E-state index contributed by atoms with van der Waals surface area (Å²) in [5.41, 5.74) is 0.390. The third-order valence-electron chi connectivity index (χ3n) is 5.94. The van der Waals surface area contributed by atoms with E-state index in [4.69, 9.17) is 4.74 Å². The molecule has 3 unspecified atom stereocenters. The largest absolute Gasteiger partial charge is 0.455 e. The molecule has 3 atom stereocenters. The molecule has 6 nitrogen and oxygen atoms in total. The molecule has 1 aliphatic carbocycles. The molecule has 0 radical (unpaired) electrons. The molecule has 2 amide bonds. The summed E-state index contributed by atoms with van der Waals surface area (Å²) >= 11 is 0. The Bertz CT molecular complexity index is 737. The molecule has 1 saturated carbocycles. The number of rotatable bonds is 5. The van der Waals surface area contributed by atoms with Gasteiger partial charge in [0.15, 0.2) is 6.61 Å². The number of nitrogens with one attached hydrogen (secondary N) is 1. The first-order chi connectivity index (χ1) is 13.9. The predicted molar refractivity (Wildman–Crippen MR) is 106 cm³/mol. The van der Waals surface area contributed by atoms with Crippen molar-refractivity contribution in [3.05, 3.63) is 35.6 Å². The Kier molecular flexibility index (Phi) is 7.23. The van der Waals surface area contributed by atoms with Crippen molar-refractivity contribution in [2.24, 2.45) is 11.8 Å². The van der Waals surface area contributed by atoms with Crippen molar-refractivity contribution in [1.82, 2.24) is 10.2 Å². The first-order valence-electron chi connectivity index (χ1n) is 10.4. The van der Waals surface area contributed by atoms with E-state index in [0.29, 0.717) is 30.9 Å². The van der Waals surface area contributed by atoms with Gasteiger partial charge >= 0.3 is 5.97 Å². The second-order valence-corrected chi connectivity index (χ2v) is 8.14. The normalized spacial score (nSPS) is 24.6. The Hall–Kier alpha value is -2.44. The summed E-state index contributed by atoms with van der Waals surface area (Å²) in [6.45, 7) is 2.63. The highest BCUT2D eigenvalue weighted by Gasteiger charge is 2.30. The monoisotopic (exact) mass is 404 g/mol. The minimum Gasteiger partial charge on any atom is -0.455 e. The molecule has 2 fully saturated rings. The maximum atomic E-state index is 13.1. The number of hydrogen-bond donors (Lipinski definition) is 1. The maximum absolute atomic E-state index is 13.1. The van der Waals surface area contributed by atoms with Crippen LogP contribution in [0.3, 0.4) is 0 Å². The average Bonchev–Trinajstić information content (AvgIpc) is 2.74. The van der Waals surface area contributed by atoms with E-state index in [-0.39, 0.29) is 31.0 Å². The number of ether oxygens (including phenoxy) is 1. The van der Waals surface area contributed by atoms with Crippen LogP contribution in [-0.4, -0.2) is 48.4 Å². The molecule has 29 heavy (non-hydrogen) atoms. The highest BCUT2D eigenvalue weighted by atomic mass is 19.1. The van der Waals surface area contributed by atoms with Crippen molar-refractivity contribution >= 4 is 17.8 Å². The molecule has 3 rings (SSSR count). The summed E-state index contributed by atoms with van der Waals surface area (Å²) in [4.78, 5) is 38.7. The van der Waals surface area contributed by atoms with E-state index >= 15 is 0 Å². The lowest BCUT2D eigenvalue weighted by molar-refractivity contribution is -0.154. The molecule has 158 valence electrons. The van der Waals surface area contributed by atoms with E-state index in [1.807, 2.05) is 0 Å². The number of carbonyl (C=O) groups is 3. The molecule has 7 heteroatoms. The minimum absolute atomic E-state index is 0.147. The van der Waals surface area contributed by atoms with Crippen LogP contribution < -0.4 is 5.32 Å². The quantitative estimate of drug-likeness (QED) is 0.766. The molecule has 1 N–H and O–H groups in total. The minimum atomic E-state index is -0.451. The van der Waals surface area contributed by atoms with Gasteiger partial charge in [-0.2, -0.15) is 0 Å². The highest BCUT2D eigenvalue weighted by Crippen LogP contribution is 2.24. The van der Waals surface area contributed by atoms with Crippen LogP contribution in [0.4, 0.5) is 4.39 Å². The Morgan fingerprint density at radius 3 is 2.55 bits per heavy atom. The smallest absolute Gasteiger partial charge is 0.311 e. The SMILES string of the molecule is CC1CCCCC1NC(=O)COC(=O)C1CCCN(C(=O)c2ccc(F)cc2)C1. The number of hydrogen-bond acceptors (Lipinski definition) is 4.